The van der Waals surface area contributed by atoms with E-state index in [1.54, 1.807) is 13.2 Å². The molecular weight excluding hydrogens is 176 g/mol. The van der Waals surface area contributed by atoms with E-state index in [4.69, 9.17) is 4.74 Å². The molecule has 0 fully saturated rings. The summed E-state index contributed by atoms with van der Waals surface area (Å²) in [5.41, 5.74) is 1.08. The Morgan fingerprint density at radius 3 is 2.64 bits per heavy atom. The number of ether oxygens (including phenoxy) is 1. The Morgan fingerprint density at radius 2 is 1.93 bits per heavy atom. The van der Waals surface area contributed by atoms with Crippen LogP contribution < -0.4 is 4.74 Å². The van der Waals surface area contributed by atoms with Crippen LogP contribution in [0.5, 0.6) is 11.5 Å². The number of rotatable bonds is 1. The number of benzene rings is 2. The largest absolute Gasteiger partial charge is 0.507 e. The zero-order valence-electron chi connectivity index (χ0n) is 8.24. The van der Waals surface area contributed by atoms with Gasteiger partial charge in [0, 0.05) is 10.8 Å². The van der Waals surface area contributed by atoms with Crippen molar-refractivity contribution in [2.24, 2.45) is 0 Å². The molecule has 14 heavy (non-hydrogen) atoms. The van der Waals surface area contributed by atoms with Gasteiger partial charge in [0.25, 0.3) is 0 Å². The predicted molar refractivity (Wildman–Crippen MR) is 56.9 cm³/mol. The molecular formula is C12H12O2. The maximum atomic E-state index is 9.66. The van der Waals surface area contributed by atoms with Gasteiger partial charge in [0.2, 0.25) is 0 Å². The van der Waals surface area contributed by atoms with Crippen LogP contribution in [0.4, 0.5) is 0 Å². The predicted octanol–water partition coefficient (Wildman–Crippen LogP) is 2.86. The first-order chi connectivity index (χ1) is 6.72. The lowest BCUT2D eigenvalue weighted by molar-refractivity contribution is 0.419. The topological polar surface area (TPSA) is 29.5 Å². The Morgan fingerprint density at radius 1 is 1.14 bits per heavy atom. The smallest absolute Gasteiger partial charge is 0.127 e. The average Bonchev–Trinajstić information content (AvgIpc) is 2.18. The SMILES string of the molecule is COc1cc(C)cc2c(O)cccc12. The molecule has 0 heterocycles. The van der Waals surface area contributed by atoms with Crippen LogP contribution >= 0.6 is 0 Å². The molecule has 0 aliphatic rings. The summed E-state index contributed by atoms with van der Waals surface area (Å²) in [5, 5.41) is 11.4. The molecule has 0 saturated carbocycles. The molecule has 0 atom stereocenters. The van der Waals surface area contributed by atoms with Crippen LogP contribution in [0, 0.1) is 6.92 Å². The van der Waals surface area contributed by atoms with Crippen LogP contribution in [0.15, 0.2) is 30.3 Å². The fraction of sp³-hybridized carbons (Fsp3) is 0.167. The number of hydrogen-bond acceptors (Lipinski definition) is 2. The van der Waals surface area contributed by atoms with Gasteiger partial charge in [-0.1, -0.05) is 12.1 Å². The fourth-order valence-electron chi connectivity index (χ4n) is 1.64. The third-order valence-corrected chi connectivity index (χ3v) is 2.30. The number of phenols is 1. The summed E-state index contributed by atoms with van der Waals surface area (Å²) in [6.45, 7) is 1.98. The van der Waals surface area contributed by atoms with E-state index in [9.17, 15) is 5.11 Å². The van der Waals surface area contributed by atoms with Gasteiger partial charge in [0.05, 0.1) is 7.11 Å². The van der Waals surface area contributed by atoms with Gasteiger partial charge in [-0.05, 0) is 30.7 Å². The molecule has 2 nitrogen and oxygen atoms in total. The highest BCUT2D eigenvalue weighted by Crippen LogP contribution is 2.32. The summed E-state index contributed by atoms with van der Waals surface area (Å²) >= 11 is 0. The van der Waals surface area contributed by atoms with Crippen LogP contribution in [0.2, 0.25) is 0 Å². The quantitative estimate of drug-likeness (QED) is 0.745. The molecule has 2 aromatic carbocycles. The zero-order chi connectivity index (χ0) is 10.1. The van der Waals surface area contributed by atoms with Crippen molar-refractivity contribution in [3.63, 3.8) is 0 Å². The van der Waals surface area contributed by atoms with Gasteiger partial charge in [-0.2, -0.15) is 0 Å². The monoisotopic (exact) mass is 188 g/mol. The summed E-state index contributed by atoms with van der Waals surface area (Å²) < 4.78 is 5.25. The molecule has 0 aromatic heterocycles. The summed E-state index contributed by atoms with van der Waals surface area (Å²) in [6, 6.07) is 9.35. The number of hydrogen-bond donors (Lipinski definition) is 1. The van der Waals surface area contributed by atoms with Gasteiger partial charge in [-0.3, -0.25) is 0 Å². The standard InChI is InChI=1S/C12H12O2/c1-8-6-10-9(12(7-8)14-2)4-3-5-11(10)13/h3-7,13H,1-2H3. The van der Waals surface area contributed by atoms with Crippen molar-refractivity contribution in [3.8, 4) is 11.5 Å². The average molecular weight is 188 g/mol. The Labute approximate surface area is 82.8 Å². The van der Waals surface area contributed by atoms with Crippen LogP contribution in [0.1, 0.15) is 5.56 Å². The second kappa shape index (κ2) is 3.22. The van der Waals surface area contributed by atoms with E-state index >= 15 is 0 Å². The van der Waals surface area contributed by atoms with Gasteiger partial charge < -0.3 is 9.84 Å². The van der Waals surface area contributed by atoms with E-state index in [1.807, 2.05) is 31.2 Å². The molecule has 0 amide bonds. The van der Waals surface area contributed by atoms with Crippen LogP contribution in [-0.4, -0.2) is 12.2 Å². The van der Waals surface area contributed by atoms with E-state index in [1.165, 1.54) is 0 Å². The maximum Gasteiger partial charge on any atom is 0.127 e. The highest BCUT2D eigenvalue weighted by Gasteiger charge is 2.05. The van der Waals surface area contributed by atoms with Gasteiger partial charge in [-0.15, -0.1) is 0 Å². The summed E-state index contributed by atoms with van der Waals surface area (Å²) in [5.74, 6) is 1.10. The highest BCUT2D eigenvalue weighted by molar-refractivity contribution is 5.93. The molecule has 0 aliphatic carbocycles. The third kappa shape index (κ3) is 1.29. The van der Waals surface area contributed by atoms with Crippen molar-refractivity contribution in [1.82, 2.24) is 0 Å². The lowest BCUT2D eigenvalue weighted by atomic mass is 10.1. The minimum atomic E-state index is 0.296. The molecule has 0 unspecified atom stereocenters. The maximum absolute atomic E-state index is 9.66. The van der Waals surface area contributed by atoms with Crippen molar-refractivity contribution < 1.29 is 9.84 Å². The van der Waals surface area contributed by atoms with Gasteiger partial charge in [0.1, 0.15) is 11.5 Å². The van der Waals surface area contributed by atoms with Crippen LogP contribution in [0.3, 0.4) is 0 Å². The van der Waals surface area contributed by atoms with Crippen LogP contribution in [-0.2, 0) is 0 Å². The summed E-state index contributed by atoms with van der Waals surface area (Å²) in [4.78, 5) is 0. The second-order valence-electron chi connectivity index (χ2n) is 3.34. The summed E-state index contributed by atoms with van der Waals surface area (Å²) in [7, 11) is 1.64. The van der Waals surface area contributed by atoms with Crippen molar-refractivity contribution >= 4 is 10.8 Å². The zero-order valence-corrected chi connectivity index (χ0v) is 8.24. The second-order valence-corrected chi connectivity index (χ2v) is 3.34. The lowest BCUT2D eigenvalue weighted by Crippen LogP contribution is -1.86. The molecule has 2 aromatic rings. The normalized spacial score (nSPS) is 10.4. The molecule has 2 heteroatoms. The Hall–Kier alpha value is -1.70. The number of methoxy groups -OCH3 is 1. The number of aromatic hydroxyl groups is 1. The molecule has 0 aliphatic heterocycles. The van der Waals surface area contributed by atoms with E-state index in [0.29, 0.717) is 5.75 Å². The highest BCUT2D eigenvalue weighted by atomic mass is 16.5. The van der Waals surface area contributed by atoms with E-state index in [-0.39, 0.29) is 0 Å². The van der Waals surface area contributed by atoms with Crippen molar-refractivity contribution in [1.29, 1.82) is 0 Å². The van der Waals surface area contributed by atoms with Crippen molar-refractivity contribution in [3.05, 3.63) is 35.9 Å². The van der Waals surface area contributed by atoms with Gasteiger partial charge in [-0.25, -0.2) is 0 Å². The van der Waals surface area contributed by atoms with E-state index < -0.39 is 0 Å². The van der Waals surface area contributed by atoms with Crippen molar-refractivity contribution in [2.45, 2.75) is 6.92 Å². The molecule has 72 valence electrons. The van der Waals surface area contributed by atoms with Gasteiger partial charge in [0.15, 0.2) is 0 Å². The third-order valence-electron chi connectivity index (χ3n) is 2.30. The fourth-order valence-corrected chi connectivity index (χ4v) is 1.64. The number of phenolic OH excluding ortho intramolecular Hbond substituents is 1. The Kier molecular flexibility index (Phi) is 2.04. The Balaban J connectivity index is 2.87. The first-order valence-electron chi connectivity index (χ1n) is 4.48. The Bertz CT molecular complexity index is 475. The molecule has 2 rings (SSSR count). The first-order valence-corrected chi connectivity index (χ1v) is 4.48. The lowest BCUT2D eigenvalue weighted by Gasteiger charge is -2.07. The summed E-state index contributed by atoms with van der Waals surface area (Å²) in [6.07, 6.45) is 0. The van der Waals surface area contributed by atoms with E-state index in [0.717, 1.165) is 22.1 Å². The minimum absolute atomic E-state index is 0.296. The minimum Gasteiger partial charge on any atom is -0.507 e. The van der Waals surface area contributed by atoms with Crippen LogP contribution in [0.25, 0.3) is 10.8 Å². The number of fused-ring (bicyclic) bond motifs is 1. The van der Waals surface area contributed by atoms with Gasteiger partial charge >= 0.3 is 0 Å². The van der Waals surface area contributed by atoms with Crippen molar-refractivity contribution in [2.75, 3.05) is 7.11 Å². The molecule has 1 N–H and O–H groups in total. The molecule has 0 bridgehead atoms. The number of aryl methyl sites for hydroxylation is 1. The first kappa shape index (κ1) is 8.88. The molecule has 0 saturated heterocycles. The molecule has 0 spiro atoms. The molecule has 0 radical (unpaired) electrons. The van der Waals surface area contributed by atoms with E-state index in [2.05, 4.69) is 0 Å².